The van der Waals surface area contributed by atoms with E-state index in [-0.39, 0.29) is 47.3 Å². The van der Waals surface area contributed by atoms with Gasteiger partial charge in [0, 0.05) is 23.7 Å². The first-order valence-corrected chi connectivity index (χ1v) is 8.47. The van der Waals surface area contributed by atoms with Crippen LogP contribution in [0.1, 0.15) is 33.3 Å². The van der Waals surface area contributed by atoms with Crippen molar-refractivity contribution in [3.8, 4) is 0 Å². The molecule has 25 heavy (non-hydrogen) atoms. The highest BCUT2D eigenvalue weighted by atomic mass is 16.2. The van der Waals surface area contributed by atoms with Crippen LogP contribution in [0.5, 0.6) is 0 Å². The van der Waals surface area contributed by atoms with Crippen LogP contribution in [0.4, 0.5) is 0 Å². The van der Waals surface area contributed by atoms with Gasteiger partial charge in [0.2, 0.25) is 23.6 Å². The summed E-state index contributed by atoms with van der Waals surface area (Å²) in [5, 5.41) is 2.24. The van der Waals surface area contributed by atoms with Crippen molar-refractivity contribution in [2.24, 2.45) is 23.7 Å². The Hall–Kier alpha value is -2.50. The van der Waals surface area contributed by atoms with E-state index in [9.17, 15) is 19.2 Å². The average molecular weight is 344 g/mol. The van der Waals surface area contributed by atoms with Gasteiger partial charge in [-0.3, -0.25) is 29.4 Å². The zero-order chi connectivity index (χ0) is 18.7. The summed E-state index contributed by atoms with van der Waals surface area (Å²) < 4.78 is 0. The molecule has 2 heterocycles. The van der Waals surface area contributed by atoms with Crippen molar-refractivity contribution < 1.29 is 19.2 Å². The van der Waals surface area contributed by atoms with E-state index in [0.717, 1.165) is 5.56 Å². The Morgan fingerprint density at radius 3 is 1.56 bits per heavy atom. The summed E-state index contributed by atoms with van der Waals surface area (Å²) in [5.41, 5.74) is 0.991. The fourth-order valence-electron chi connectivity index (χ4n) is 2.75. The maximum Gasteiger partial charge on any atom is 0.233 e. The van der Waals surface area contributed by atoms with Crippen LogP contribution in [0.15, 0.2) is 30.3 Å². The molecule has 2 fully saturated rings. The van der Waals surface area contributed by atoms with Crippen LogP contribution >= 0.6 is 0 Å². The molecule has 0 bridgehead atoms. The molecule has 4 amide bonds. The summed E-state index contributed by atoms with van der Waals surface area (Å²) >= 11 is 0. The molecule has 0 radical (unpaired) electrons. The van der Waals surface area contributed by atoms with Gasteiger partial charge in [0.25, 0.3) is 0 Å². The van der Waals surface area contributed by atoms with E-state index in [1.807, 2.05) is 44.2 Å². The number of nitrogens with one attached hydrogen (secondary N) is 1. The highest BCUT2D eigenvalue weighted by molar-refractivity contribution is 6.05. The standard InChI is InChI=1S/C13H15NO2.C6H9NO2/c1-9-10(2)13(16)14(12(9)15)8-11-6-4-3-5-7-11;1-3-4(2)6(9)7-5(3)8/h3-7,9-10H,8H2,1-2H3;3-4H,1-2H3,(H,7,8,9). The molecule has 0 aliphatic carbocycles. The molecule has 1 aromatic rings. The number of hydrogen-bond acceptors (Lipinski definition) is 4. The fourth-order valence-corrected chi connectivity index (χ4v) is 2.75. The lowest BCUT2D eigenvalue weighted by molar-refractivity contribution is -0.140. The van der Waals surface area contributed by atoms with E-state index >= 15 is 0 Å². The molecule has 4 unspecified atom stereocenters. The lowest BCUT2D eigenvalue weighted by atomic mass is 10.00. The van der Waals surface area contributed by atoms with Crippen LogP contribution in [0.2, 0.25) is 0 Å². The van der Waals surface area contributed by atoms with Crippen LogP contribution in [-0.4, -0.2) is 28.5 Å². The molecule has 2 aliphatic heterocycles. The van der Waals surface area contributed by atoms with Gasteiger partial charge >= 0.3 is 0 Å². The number of rotatable bonds is 2. The van der Waals surface area contributed by atoms with Crippen molar-refractivity contribution in [3.63, 3.8) is 0 Å². The van der Waals surface area contributed by atoms with Gasteiger partial charge in [-0.15, -0.1) is 0 Å². The van der Waals surface area contributed by atoms with Crippen LogP contribution < -0.4 is 5.32 Å². The van der Waals surface area contributed by atoms with Gasteiger partial charge < -0.3 is 0 Å². The van der Waals surface area contributed by atoms with Crippen molar-refractivity contribution >= 4 is 23.6 Å². The minimum atomic E-state index is -0.184. The van der Waals surface area contributed by atoms with Gasteiger partial charge in [0.1, 0.15) is 0 Å². The lowest BCUT2D eigenvalue weighted by Gasteiger charge is -2.14. The number of carbonyl (C=O) groups excluding carboxylic acids is 4. The third-order valence-electron chi connectivity index (χ3n) is 5.07. The maximum atomic E-state index is 11.8. The van der Waals surface area contributed by atoms with Crippen LogP contribution in [-0.2, 0) is 25.7 Å². The molecular formula is C19H24N2O4. The Labute approximate surface area is 147 Å². The quantitative estimate of drug-likeness (QED) is 0.829. The third kappa shape index (κ3) is 3.95. The van der Waals surface area contributed by atoms with Crippen LogP contribution in [0, 0.1) is 23.7 Å². The molecule has 1 N–H and O–H groups in total. The lowest BCUT2D eigenvalue weighted by Crippen LogP contribution is -2.30. The topological polar surface area (TPSA) is 83.6 Å². The fraction of sp³-hybridized carbons (Fsp3) is 0.474. The zero-order valence-electron chi connectivity index (χ0n) is 15.0. The van der Waals surface area contributed by atoms with Gasteiger partial charge in [-0.2, -0.15) is 0 Å². The first-order chi connectivity index (χ1) is 11.7. The molecule has 1 aromatic carbocycles. The molecule has 6 nitrogen and oxygen atoms in total. The van der Waals surface area contributed by atoms with E-state index in [2.05, 4.69) is 5.32 Å². The zero-order valence-corrected chi connectivity index (χ0v) is 15.0. The molecular weight excluding hydrogens is 320 g/mol. The SMILES string of the molecule is CC1C(=O)N(Cc2ccccc2)C(=O)C1C.CC1C(=O)NC(=O)C1C. The predicted molar refractivity (Wildman–Crippen MR) is 91.8 cm³/mol. The second-order valence-electron chi connectivity index (χ2n) is 6.76. The Kier molecular flexibility index (Phi) is 5.72. The van der Waals surface area contributed by atoms with Crippen molar-refractivity contribution in [2.75, 3.05) is 0 Å². The second kappa shape index (κ2) is 7.59. The van der Waals surface area contributed by atoms with Crippen LogP contribution in [0.25, 0.3) is 0 Å². The second-order valence-corrected chi connectivity index (χ2v) is 6.76. The molecule has 6 heteroatoms. The molecule has 4 atom stereocenters. The van der Waals surface area contributed by atoms with Crippen LogP contribution in [0.3, 0.4) is 0 Å². The number of nitrogens with zero attached hydrogens (tertiary/aromatic N) is 1. The summed E-state index contributed by atoms with van der Waals surface area (Å²) in [7, 11) is 0. The largest absolute Gasteiger partial charge is 0.296 e. The van der Waals surface area contributed by atoms with E-state index in [0.29, 0.717) is 6.54 Å². The first kappa shape index (κ1) is 18.8. The molecule has 0 saturated carbocycles. The Balaban J connectivity index is 0.000000212. The number of benzene rings is 1. The van der Waals surface area contributed by atoms with Crippen molar-refractivity contribution in [1.29, 1.82) is 0 Å². The Morgan fingerprint density at radius 2 is 1.20 bits per heavy atom. The number of amides is 4. The summed E-state index contributed by atoms with van der Waals surface area (Å²) in [5.74, 6) is -1.05. The Morgan fingerprint density at radius 1 is 0.760 bits per heavy atom. The maximum absolute atomic E-state index is 11.8. The predicted octanol–water partition coefficient (Wildman–Crippen LogP) is 1.74. The summed E-state index contributed by atoms with van der Waals surface area (Å²) in [4.78, 5) is 46.4. The number of hydrogen-bond donors (Lipinski definition) is 1. The van der Waals surface area contributed by atoms with Gasteiger partial charge in [-0.1, -0.05) is 58.0 Å². The molecule has 3 rings (SSSR count). The summed E-state index contributed by atoms with van der Waals surface area (Å²) in [6.45, 7) is 7.54. The minimum Gasteiger partial charge on any atom is -0.296 e. The Bertz CT molecular complexity index is 648. The molecule has 2 saturated heterocycles. The number of carbonyl (C=O) groups is 4. The van der Waals surface area contributed by atoms with Gasteiger partial charge in [-0.25, -0.2) is 0 Å². The van der Waals surface area contributed by atoms with Crippen molar-refractivity contribution in [2.45, 2.75) is 34.2 Å². The molecule has 134 valence electrons. The van der Waals surface area contributed by atoms with Crippen molar-refractivity contribution in [1.82, 2.24) is 10.2 Å². The molecule has 0 spiro atoms. The molecule has 2 aliphatic rings. The number of imide groups is 2. The van der Waals surface area contributed by atoms with E-state index in [1.165, 1.54) is 4.90 Å². The van der Waals surface area contributed by atoms with E-state index in [4.69, 9.17) is 0 Å². The monoisotopic (exact) mass is 344 g/mol. The van der Waals surface area contributed by atoms with Gasteiger partial charge in [-0.05, 0) is 5.56 Å². The highest BCUT2D eigenvalue weighted by Gasteiger charge is 2.41. The number of likely N-dealkylation sites (tertiary alicyclic amines) is 1. The molecule has 0 aromatic heterocycles. The normalized spacial score (nSPS) is 28.7. The minimum absolute atomic E-state index is 0.0543. The van der Waals surface area contributed by atoms with E-state index in [1.54, 1.807) is 13.8 Å². The van der Waals surface area contributed by atoms with Crippen molar-refractivity contribution in [3.05, 3.63) is 35.9 Å². The average Bonchev–Trinajstić information content (AvgIpc) is 2.93. The highest BCUT2D eigenvalue weighted by Crippen LogP contribution is 2.26. The first-order valence-electron chi connectivity index (χ1n) is 8.47. The summed E-state index contributed by atoms with van der Waals surface area (Å²) in [6, 6.07) is 9.59. The summed E-state index contributed by atoms with van der Waals surface area (Å²) in [6.07, 6.45) is 0. The smallest absolute Gasteiger partial charge is 0.233 e. The van der Waals surface area contributed by atoms with Gasteiger partial charge in [0.15, 0.2) is 0 Å². The van der Waals surface area contributed by atoms with E-state index < -0.39 is 0 Å². The third-order valence-corrected chi connectivity index (χ3v) is 5.07. The van der Waals surface area contributed by atoms with Gasteiger partial charge in [0.05, 0.1) is 6.54 Å².